The van der Waals surface area contributed by atoms with Crippen LogP contribution in [0.4, 0.5) is 8.78 Å². The third-order valence-electron chi connectivity index (χ3n) is 4.17. The lowest BCUT2D eigenvalue weighted by Crippen LogP contribution is -2.33. The average Bonchev–Trinajstić information content (AvgIpc) is 2.40. The van der Waals surface area contributed by atoms with E-state index in [0.717, 1.165) is 18.7 Å². The molecule has 1 N–H and O–H groups in total. The van der Waals surface area contributed by atoms with Crippen LogP contribution in [0.15, 0.2) is 24.3 Å². The molecule has 0 spiro atoms. The molecule has 2 rings (SSSR count). The van der Waals surface area contributed by atoms with Gasteiger partial charge < -0.3 is 5.32 Å². The molecule has 0 atom stereocenters. The highest BCUT2D eigenvalue weighted by atomic mass is 19.3. The van der Waals surface area contributed by atoms with Gasteiger partial charge in [0.2, 0.25) is 0 Å². The van der Waals surface area contributed by atoms with Crippen LogP contribution in [0.3, 0.4) is 0 Å². The Morgan fingerprint density at radius 1 is 1.11 bits per heavy atom. The van der Waals surface area contributed by atoms with Crippen molar-refractivity contribution >= 4 is 0 Å². The summed E-state index contributed by atoms with van der Waals surface area (Å²) in [6.07, 6.45) is 4.25. The lowest BCUT2D eigenvalue weighted by Gasteiger charge is -2.33. The van der Waals surface area contributed by atoms with E-state index in [2.05, 4.69) is 12.2 Å². The zero-order valence-electron chi connectivity index (χ0n) is 11.6. The van der Waals surface area contributed by atoms with E-state index in [1.807, 2.05) is 0 Å². The molecule has 1 nitrogen and oxygen atoms in total. The second kappa shape index (κ2) is 6.47. The van der Waals surface area contributed by atoms with E-state index in [1.54, 1.807) is 12.1 Å². The smallest absolute Gasteiger partial charge is 0.263 e. The molecule has 0 aliphatic heterocycles. The first-order valence-corrected chi connectivity index (χ1v) is 7.17. The number of rotatable bonds is 5. The van der Waals surface area contributed by atoms with Gasteiger partial charge in [0, 0.05) is 18.7 Å². The molecule has 106 valence electrons. The molecule has 19 heavy (non-hydrogen) atoms. The summed E-state index contributed by atoms with van der Waals surface area (Å²) in [5.41, 5.74) is 1.59. The highest BCUT2D eigenvalue weighted by molar-refractivity contribution is 5.23. The zero-order chi connectivity index (χ0) is 13.7. The third kappa shape index (κ3) is 4.27. The Labute approximate surface area is 114 Å². The Morgan fingerprint density at radius 2 is 1.74 bits per heavy atom. The van der Waals surface area contributed by atoms with E-state index in [4.69, 9.17) is 0 Å². The Morgan fingerprint density at radius 3 is 2.32 bits per heavy atom. The highest BCUT2D eigenvalue weighted by Gasteiger charge is 2.25. The lowest BCUT2D eigenvalue weighted by molar-refractivity contribution is 0.151. The van der Waals surface area contributed by atoms with Crippen LogP contribution in [0.1, 0.15) is 56.6 Å². The molecular formula is C16H23F2N. The summed E-state index contributed by atoms with van der Waals surface area (Å²) in [4.78, 5) is 0. The van der Waals surface area contributed by atoms with Gasteiger partial charge in [0.05, 0.1) is 0 Å². The summed E-state index contributed by atoms with van der Waals surface area (Å²) in [6.45, 7) is 4.13. The second-order valence-corrected chi connectivity index (χ2v) is 6.02. The molecule has 1 saturated carbocycles. The molecule has 1 fully saturated rings. The van der Waals surface area contributed by atoms with Gasteiger partial charge >= 0.3 is 0 Å². The normalized spacial score (nSPS) is 18.7. The predicted octanol–water partition coefficient (Wildman–Crippen LogP) is 4.68. The van der Waals surface area contributed by atoms with E-state index in [9.17, 15) is 8.78 Å². The van der Waals surface area contributed by atoms with E-state index in [0.29, 0.717) is 5.41 Å². The van der Waals surface area contributed by atoms with Gasteiger partial charge in [-0.05, 0) is 23.8 Å². The molecule has 0 heterocycles. The second-order valence-electron chi connectivity index (χ2n) is 6.02. The first-order valence-electron chi connectivity index (χ1n) is 7.17. The van der Waals surface area contributed by atoms with Crippen LogP contribution in [-0.4, -0.2) is 6.54 Å². The third-order valence-corrected chi connectivity index (χ3v) is 4.17. The van der Waals surface area contributed by atoms with Crippen LogP contribution >= 0.6 is 0 Å². The van der Waals surface area contributed by atoms with Crippen molar-refractivity contribution in [2.45, 2.75) is 52.0 Å². The SMILES string of the molecule is CC1(CNCc2ccc(C(F)F)cc2)CCCCC1. The zero-order valence-corrected chi connectivity index (χ0v) is 11.6. The van der Waals surface area contributed by atoms with Crippen LogP contribution < -0.4 is 5.32 Å². The van der Waals surface area contributed by atoms with Crippen molar-refractivity contribution in [2.24, 2.45) is 5.41 Å². The quantitative estimate of drug-likeness (QED) is 0.816. The summed E-state index contributed by atoms with van der Waals surface area (Å²) >= 11 is 0. The Hall–Kier alpha value is -0.960. The van der Waals surface area contributed by atoms with Crippen molar-refractivity contribution in [3.8, 4) is 0 Å². The summed E-state index contributed by atoms with van der Waals surface area (Å²) in [5.74, 6) is 0. The number of benzene rings is 1. The molecule has 1 aromatic carbocycles. The van der Waals surface area contributed by atoms with Gasteiger partial charge in [-0.1, -0.05) is 50.5 Å². The molecule has 0 saturated heterocycles. The molecule has 0 radical (unpaired) electrons. The van der Waals surface area contributed by atoms with Crippen molar-refractivity contribution in [2.75, 3.05) is 6.54 Å². The molecule has 0 unspecified atom stereocenters. The number of halogens is 2. The van der Waals surface area contributed by atoms with E-state index in [1.165, 1.54) is 44.2 Å². The van der Waals surface area contributed by atoms with Gasteiger partial charge in [-0.3, -0.25) is 0 Å². The van der Waals surface area contributed by atoms with Gasteiger partial charge in [-0.2, -0.15) is 0 Å². The van der Waals surface area contributed by atoms with Gasteiger partial charge in [0.1, 0.15) is 0 Å². The Bertz CT molecular complexity index is 380. The van der Waals surface area contributed by atoms with Crippen LogP contribution in [0.2, 0.25) is 0 Å². The maximum absolute atomic E-state index is 12.4. The molecule has 1 aromatic rings. The minimum atomic E-state index is -2.37. The average molecular weight is 267 g/mol. The fourth-order valence-electron chi connectivity index (χ4n) is 2.87. The first kappa shape index (κ1) is 14.4. The van der Waals surface area contributed by atoms with Crippen molar-refractivity contribution in [1.29, 1.82) is 0 Å². The lowest BCUT2D eigenvalue weighted by atomic mass is 9.76. The van der Waals surface area contributed by atoms with Crippen LogP contribution in [0, 0.1) is 5.41 Å². The number of alkyl halides is 2. The minimum Gasteiger partial charge on any atom is -0.312 e. The Balaban J connectivity index is 1.79. The standard InChI is InChI=1S/C16H23F2N/c1-16(9-3-2-4-10-16)12-19-11-13-5-7-14(8-6-13)15(17)18/h5-8,15,19H,2-4,9-12H2,1H3. The van der Waals surface area contributed by atoms with E-state index >= 15 is 0 Å². The summed E-state index contributed by atoms with van der Waals surface area (Å²) in [6, 6.07) is 6.61. The summed E-state index contributed by atoms with van der Waals surface area (Å²) < 4.78 is 24.9. The summed E-state index contributed by atoms with van der Waals surface area (Å²) in [7, 11) is 0. The number of nitrogens with one attached hydrogen (secondary N) is 1. The van der Waals surface area contributed by atoms with Crippen molar-refractivity contribution < 1.29 is 8.78 Å². The van der Waals surface area contributed by atoms with Gasteiger partial charge in [0.25, 0.3) is 6.43 Å². The molecule has 0 aromatic heterocycles. The van der Waals surface area contributed by atoms with E-state index in [-0.39, 0.29) is 5.56 Å². The summed E-state index contributed by atoms with van der Waals surface area (Å²) in [5, 5.41) is 3.47. The topological polar surface area (TPSA) is 12.0 Å². The van der Waals surface area contributed by atoms with E-state index < -0.39 is 6.43 Å². The highest BCUT2D eigenvalue weighted by Crippen LogP contribution is 2.34. The van der Waals surface area contributed by atoms with Crippen LogP contribution in [0.5, 0.6) is 0 Å². The molecule has 0 amide bonds. The largest absolute Gasteiger partial charge is 0.312 e. The van der Waals surface area contributed by atoms with Gasteiger partial charge in [-0.25, -0.2) is 8.78 Å². The minimum absolute atomic E-state index is 0.1000. The number of hydrogen-bond acceptors (Lipinski definition) is 1. The van der Waals surface area contributed by atoms with Crippen LogP contribution in [-0.2, 0) is 6.54 Å². The fourth-order valence-corrected chi connectivity index (χ4v) is 2.87. The monoisotopic (exact) mass is 267 g/mol. The fraction of sp³-hybridized carbons (Fsp3) is 0.625. The number of hydrogen-bond donors (Lipinski definition) is 1. The van der Waals surface area contributed by atoms with Crippen molar-refractivity contribution in [1.82, 2.24) is 5.32 Å². The molecule has 1 aliphatic rings. The van der Waals surface area contributed by atoms with Crippen molar-refractivity contribution in [3.05, 3.63) is 35.4 Å². The molecular weight excluding hydrogens is 244 g/mol. The maximum Gasteiger partial charge on any atom is 0.263 e. The van der Waals surface area contributed by atoms with Crippen molar-refractivity contribution in [3.63, 3.8) is 0 Å². The first-order chi connectivity index (χ1) is 9.09. The van der Waals surface area contributed by atoms with Gasteiger partial charge in [0.15, 0.2) is 0 Å². The van der Waals surface area contributed by atoms with Crippen LogP contribution in [0.25, 0.3) is 0 Å². The maximum atomic E-state index is 12.4. The molecule has 3 heteroatoms. The molecule has 1 aliphatic carbocycles. The predicted molar refractivity (Wildman–Crippen MR) is 74.3 cm³/mol. The van der Waals surface area contributed by atoms with Gasteiger partial charge in [-0.15, -0.1) is 0 Å². The Kier molecular flexibility index (Phi) is 4.92. The molecule has 0 bridgehead atoms.